The van der Waals surface area contributed by atoms with Crippen molar-refractivity contribution in [2.24, 2.45) is 0 Å². The molecule has 0 bridgehead atoms. The molecule has 0 unspecified atom stereocenters. The van der Waals surface area contributed by atoms with Gasteiger partial charge in [-0.2, -0.15) is 18.3 Å². The highest BCUT2D eigenvalue weighted by molar-refractivity contribution is 6.01. The van der Waals surface area contributed by atoms with Crippen molar-refractivity contribution >= 4 is 11.4 Å². The Balaban J connectivity index is 1.95. The monoisotopic (exact) mass is 399 g/mol. The predicted octanol–water partition coefficient (Wildman–Crippen LogP) is 4.08. The van der Waals surface area contributed by atoms with Gasteiger partial charge in [0.25, 0.3) is 5.91 Å². The summed E-state index contributed by atoms with van der Waals surface area (Å²) < 4.78 is 41.4. The summed E-state index contributed by atoms with van der Waals surface area (Å²) in [5.74, 6) is -0.441. The number of amides is 1. The molecule has 3 aromatic heterocycles. The van der Waals surface area contributed by atoms with Gasteiger partial charge in [0, 0.05) is 18.8 Å². The predicted molar refractivity (Wildman–Crippen MR) is 101 cm³/mol. The lowest BCUT2D eigenvalue weighted by molar-refractivity contribution is -0.137. The molecule has 2 N–H and O–H groups in total. The van der Waals surface area contributed by atoms with E-state index in [2.05, 4.69) is 20.4 Å². The van der Waals surface area contributed by atoms with Gasteiger partial charge in [0.15, 0.2) is 0 Å². The van der Waals surface area contributed by atoms with Gasteiger partial charge in [-0.1, -0.05) is 6.07 Å². The summed E-state index contributed by atoms with van der Waals surface area (Å²) >= 11 is 0. The minimum absolute atomic E-state index is 0.160. The third kappa shape index (κ3) is 3.24. The minimum atomic E-state index is -4.49. The quantitative estimate of drug-likeness (QED) is 0.545. The summed E-state index contributed by atoms with van der Waals surface area (Å²) in [7, 11) is 1.46. The average molecular weight is 399 g/mol. The van der Waals surface area contributed by atoms with Gasteiger partial charge >= 0.3 is 6.18 Å². The molecule has 0 aliphatic carbocycles. The molecule has 0 aliphatic heterocycles. The number of H-pyrrole nitrogens is 1. The molecule has 0 spiro atoms. The van der Waals surface area contributed by atoms with Crippen molar-refractivity contribution in [2.45, 2.75) is 13.1 Å². The van der Waals surface area contributed by atoms with Crippen LogP contribution in [0.15, 0.2) is 48.9 Å². The molecule has 4 aromatic rings. The topological polar surface area (TPSA) is 75.1 Å². The molecule has 9 heteroatoms. The lowest BCUT2D eigenvalue weighted by Gasteiger charge is -2.12. The number of benzene rings is 1. The molecule has 0 radical (unpaired) electrons. The molecular weight excluding hydrogens is 383 g/mol. The second kappa shape index (κ2) is 6.77. The number of nitrogens with zero attached hydrogens (tertiary/aromatic N) is 3. The van der Waals surface area contributed by atoms with E-state index in [0.717, 1.165) is 12.1 Å². The van der Waals surface area contributed by atoms with Gasteiger partial charge in [-0.15, -0.1) is 0 Å². The summed E-state index contributed by atoms with van der Waals surface area (Å²) in [4.78, 5) is 19.8. The molecular formula is C20H16F3N5O. The van der Waals surface area contributed by atoms with Crippen LogP contribution in [-0.4, -0.2) is 32.5 Å². The first-order chi connectivity index (χ1) is 13.8. The summed E-state index contributed by atoms with van der Waals surface area (Å²) in [6, 6.07) is 8.73. The number of fused-ring (bicyclic) bond motifs is 1. The van der Waals surface area contributed by atoms with Crippen molar-refractivity contribution in [1.29, 1.82) is 0 Å². The molecule has 1 aromatic carbocycles. The largest absolute Gasteiger partial charge is 0.416 e. The summed E-state index contributed by atoms with van der Waals surface area (Å²) in [5, 5.41) is 6.63. The Morgan fingerprint density at radius 3 is 2.69 bits per heavy atom. The maximum atomic E-state index is 13.2. The maximum Gasteiger partial charge on any atom is 0.416 e. The number of carbonyl (C=O) groups excluding carboxylic acids is 1. The fourth-order valence-corrected chi connectivity index (χ4v) is 3.26. The van der Waals surface area contributed by atoms with Crippen LogP contribution in [0, 0.1) is 6.92 Å². The number of hydrogen-bond donors (Lipinski definition) is 2. The van der Waals surface area contributed by atoms with E-state index in [0.29, 0.717) is 33.6 Å². The van der Waals surface area contributed by atoms with Gasteiger partial charge in [-0.05, 0) is 48.4 Å². The molecule has 0 atom stereocenters. The Hall–Kier alpha value is -3.62. The van der Waals surface area contributed by atoms with Crippen LogP contribution in [0.2, 0.25) is 0 Å². The second-order valence-corrected chi connectivity index (χ2v) is 6.52. The highest BCUT2D eigenvalue weighted by Gasteiger charge is 2.31. The molecule has 0 saturated heterocycles. The Bertz CT molecular complexity index is 1220. The Kier molecular flexibility index (Phi) is 4.37. The van der Waals surface area contributed by atoms with E-state index in [4.69, 9.17) is 0 Å². The fourth-order valence-electron chi connectivity index (χ4n) is 3.26. The van der Waals surface area contributed by atoms with E-state index < -0.39 is 17.6 Å². The van der Waals surface area contributed by atoms with E-state index in [9.17, 15) is 18.0 Å². The van der Waals surface area contributed by atoms with Crippen LogP contribution >= 0.6 is 0 Å². The zero-order chi connectivity index (χ0) is 20.8. The summed E-state index contributed by atoms with van der Waals surface area (Å²) in [6.07, 6.45) is -1.36. The molecule has 0 fully saturated rings. The molecule has 29 heavy (non-hydrogen) atoms. The van der Waals surface area contributed by atoms with Crippen molar-refractivity contribution in [1.82, 2.24) is 24.9 Å². The Morgan fingerprint density at radius 1 is 1.17 bits per heavy atom. The van der Waals surface area contributed by atoms with Crippen LogP contribution in [0.3, 0.4) is 0 Å². The number of alkyl halides is 3. The first-order valence-corrected chi connectivity index (χ1v) is 8.71. The first kappa shape index (κ1) is 18.7. The second-order valence-electron chi connectivity index (χ2n) is 6.52. The number of hydrogen-bond acceptors (Lipinski definition) is 3. The van der Waals surface area contributed by atoms with Gasteiger partial charge < -0.3 is 10.3 Å². The SMILES string of the molecule is CNC(=O)c1[nH]c(-c2ncnn3cccc23)cc1-c1cc(C(F)(F)F)ccc1C. The van der Waals surface area contributed by atoms with E-state index in [1.165, 1.54) is 19.4 Å². The van der Waals surface area contributed by atoms with E-state index >= 15 is 0 Å². The number of aryl methyl sites for hydroxylation is 1. The minimum Gasteiger partial charge on any atom is -0.354 e. The third-order valence-electron chi connectivity index (χ3n) is 4.72. The molecule has 4 rings (SSSR count). The van der Waals surface area contributed by atoms with Crippen LogP contribution in [0.25, 0.3) is 28.0 Å². The van der Waals surface area contributed by atoms with E-state index in [1.54, 1.807) is 29.8 Å². The number of carbonyl (C=O) groups is 1. The van der Waals surface area contributed by atoms with Crippen LogP contribution in [-0.2, 0) is 6.18 Å². The van der Waals surface area contributed by atoms with Crippen LogP contribution in [0.4, 0.5) is 13.2 Å². The van der Waals surface area contributed by atoms with Gasteiger partial charge in [0.1, 0.15) is 17.7 Å². The highest BCUT2D eigenvalue weighted by atomic mass is 19.4. The van der Waals surface area contributed by atoms with Crippen molar-refractivity contribution in [2.75, 3.05) is 7.05 Å². The summed E-state index contributed by atoms with van der Waals surface area (Å²) in [5.41, 5.74) is 2.42. The van der Waals surface area contributed by atoms with Crippen molar-refractivity contribution in [3.63, 3.8) is 0 Å². The van der Waals surface area contributed by atoms with Crippen LogP contribution < -0.4 is 5.32 Å². The summed E-state index contributed by atoms with van der Waals surface area (Å²) in [6.45, 7) is 1.70. The Morgan fingerprint density at radius 2 is 1.97 bits per heavy atom. The number of aromatic amines is 1. The lowest BCUT2D eigenvalue weighted by atomic mass is 9.97. The van der Waals surface area contributed by atoms with Crippen LogP contribution in [0.5, 0.6) is 0 Å². The number of nitrogens with one attached hydrogen (secondary N) is 2. The molecule has 1 amide bonds. The van der Waals surface area contributed by atoms with E-state index in [-0.39, 0.29) is 5.69 Å². The molecule has 0 saturated carbocycles. The zero-order valence-corrected chi connectivity index (χ0v) is 15.5. The van der Waals surface area contributed by atoms with Crippen molar-refractivity contribution in [3.8, 4) is 22.5 Å². The molecule has 6 nitrogen and oxygen atoms in total. The normalized spacial score (nSPS) is 11.8. The smallest absolute Gasteiger partial charge is 0.354 e. The maximum absolute atomic E-state index is 13.2. The fraction of sp³-hybridized carbons (Fsp3) is 0.150. The average Bonchev–Trinajstić information content (AvgIpc) is 3.33. The van der Waals surface area contributed by atoms with Crippen molar-refractivity contribution < 1.29 is 18.0 Å². The number of aromatic nitrogens is 4. The molecule has 3 heterocycles. The molecule has 0 aliphatic rings. The van der Waals surface area contributed by atoms with Crippen molar-refractivity contribution in [3.05, 3.63) is 65.7 Å². The van der Waals surface area contributed by atoms with E-state index in [1.807, 2.05) is 6.07 Å². The van der Waals surface area contributed by atoms with Gasteiger partial charge in [-0.25, -0.2) is 9.50 Å². The number of halogens is 3. The standard InChI is InChI=1S/C20H16F3N5O/c1-11-5-6-12(20(21,22)23)8-13(11)14-9-15(27-17(14)19(29)24-2)18-16-4-3-7-28(16)26-10-25-18/h3-10,27H,1-2H3,(H,24,29). The highest BCUT2D eigenvalue weighted by Crippen LogP contribution is 2.37. The van der Waals surface area contributed by atoms with Gasteiger partial charge in [-0.3, -0.25) is 4.79 Å². The van der Waals surface area contributed by atoms with Crippen LogP contribution in [0.1, 0.15) is 21.6 Å². The number of rotatable bonds is 3. The zero-order valence-electron chi connectivity index (χ0n) is 15.5. The Labute approximate surface area is 163 Å². The van der Waals surface area contributed by atoms with Gasteiger partial charge in [0.05, 0.1) is 16.8 Å². The lowest BCUT2D eigenvalue weighted by Crippen LogP contribution is -2.19. The molecule has 148 valence electrons. The third-order valence-corrected chi connectivity index (χ3v) is 4.72. The first-order valence-electron chi connectivity index (χ1n) is 8.71. The van der Waals surface area contributed by atoms with Gasteiger partial charge in [0.2, 0.25) is 0 Å².